The van der Waals surface area contributed by atoms with Crippen LogP contribution in [0.2, 0.25) is 0 Å². The van der Waals surface area contributed by atoms with Gasteiger partial charge in [0.25, 0.3) is 0 Å². The molecule has 2 heteroatoms. The van der Waals surface area contributed by atoms with E-state index in [1.165, 1.54) is 19.3 Å². The molecular formula is C10H21NO. The average molecular weight is 171 g/mol. The quantitative estimate of drug-likeness (QED) is 0.643. The molecule has 0 N–H and O–H groups in total. The van der Waals surface area contributed by atoms with E-state index >= 15 is 0 Å². The molecule has 1 aliphatic heterocycles. The summed E-state index contributed by atoms with van der Waals surface area (Å²) in [5, 5.41) is 0. The van der Waals surface area contributed by atoms with Crippen LogP contribution in [0.3, 0.4) is 0 Å². The van der Waals surface area contributed by atoms with Gasteiger partial charge in [-0.25, -0.2) is 0 Å². The molecule has 0 aromatic carbocycles. The van der Waals surface area contributed by atoms with Crippen LogP contribution in [-0.2, 0) is 4.74 Å². The van der Waals surface area contributed by atoms with E-state index < -0.39 is 0 Å². The monoisotopic (exact) mass is 171 g/mol. The standard InChI is InChI=1S/C10H21NO/c1-4-10(9-11(2)3)7-5-6-8-12-10/h4-9H2,1-3H3. The van der Waals surface area contributed by atoms with Gasteiger partial charge in [0, 0.05) is 13.2 Å². The van der Waals surface area contributed by atoms with Crippen LogP contribution < -0.4 is 0 Å². The van der Waals surface area contributed by atoms with Gasteiger partial charge in [0.1, 0.15) is 0 Å². The van der Waals surface area contributed by atoms with Crippen LogP contribution in [0, 0.1) is 0 Å². The Balaban J connectivity index is 2.48. The van der Waals surface area contributed by atoms with E-state index in [2.05, 4.69) is 25.9 Å². The summed E-state index contributed by atoms with van der Waals surface area (Å²) in [5.41, 5.74) is 0.168. The molecule has 0 aromatic rings. The maximum absolute atomic E-state index is 5.88. The van der Waals surface area contributed by atoms with E-state index in [0.29, 0.717) is 0 Å². The smallest absolute Gasteiger partial charge is 0.0805 e. The molecule has 1 rings (SSSR count). The second-order valence-corrected chi connectivity index (χ2v) is 4.08. The molecule has 0 radical (unpaired) electrons. The van der Waals surface area contributed by atoms with Gasteiger partial charge in [0.2, 0.25) is 0 Å². The largest absolute Gasteiger partial charge is 0.374 e. The first-order valence-electron chi connectivity index (χ1n) is 4.97. The van der Waals surface area contributed by atoms with Crippen molar-refractivity contribution in [3.63, 3.8) is 0 Å². The lowest BCUT2D eigenvalue weighted by Crippen LogP contribution is -2.44. The molecule has 0 saturated carbocycles. The van der Waals surface area contributed by atoms with E-state index in [1.807, 2.05) is 0 Å². The van der Waals surface area contributed by atoms with Gasteiger partial charge < -0.3 is 9.64 Å². The van der Waals surface area contributed by atoms with E-state index in [4.69, 9.17) is 4.74 Å². The fourth-order valence-corrected chi connectivity index (χ4v) is 2.00. The number of ether oxygens (including phenoxy) is 1. The zero-order valence-electron chi connectivity index (χ0n) is 8.60. The molecule has 0 aromatic heterocycles. The van der Waals surface area contributed by atoms with Gasteiger partial charge in [-0.3, -0.25) is 0 Å². The summed E-state index contributed by atoms with van der Waals surface area (Å²) in [6, 6.07) is 0. The van der Waals surface area contributed by atoms with Crippen molar-refractivity contribution < 1.29 is 4.74 Å². The van der Waals surface area contributed by atoms with Crippen LogP contribution in [0.4, 0.5) is 0 Å². The third-order valence-corrected chi connectivity index (χ3v) is 2.68. The van der Waals surface area contributed by atoms with E-state index in [-0.39, 0.29) is 5.60 Å². The van der Waals surface area contributed by atoms with Gasteiger partial charge in [-0.1, -0.05) is 6.92 Å². The van der Waals surface area contributed by atoms with Crippen molar-refractivity contribution in [2.75, 3.05) is 27.2 Å². The molecule has 1 saturated heterocycles. The lowest BCUT2D eigenvalue weighted by atomic mass is 9.91. The normalized spacial score (nSPS) is 31.0. The Morgan fingerprint density at radius 2 is 2.08 bits per heavy atom. The highest BCUT2D eigenvalue weighted by atomic mass is 16.5. The van der Waals surface area contributed by atoms with Crippen LogP contribution in [0.5, 0.6) is 0 Å². The zero-order valence-corrected chi connectivity index (χ0v) is 8.60. The number of hydrogen-bond donors (Lipinski definition) is 0. The van der Waals surface area contributed by atoms with Gasteiger partial charge in [-0.05, 0) is 39.8 Å². The first kappa shape index (κ1) is 10.0. The summed E-state index contributed by atoms with van der Waals surface area (Å²) in [4.78, 5) is 2.23. The third kappa shape index (κ3) is 2.46. The number of rotatable bonds is 3. The van der Waals surface area contributed by atoms with Gasteiger partial charge >= 0.3 is 0 Å². The predicted molar refractivity (Wildman–Crippen MR) is 51.4 cm³/mol. The molecule has 1 aliphatic rings. The van der Waals surface area contributed by atoms with E-state index in [9.17, 15) is 0 Å². The van der Waals surface area contributed by atoms with Crippen LogP contribution in [-0.4, -0.2) is 37.7 Å². The van der Waals surface area contributed by atoms with Gasteiger partial charge in [-0.2, -0.15) is 0 Å². The minimum Gasteiger partial charge on any atom is -0.374 e. The second kappa shape index (κ2) is 4.24. The summed E-state index contributed by atoms with van der Waals surface area (Å²) in [7, 11) is 4.24. The number of nitrogens with zero attached hydrogens (tertiary/aromatic N) is 1. The predicted octanol–water partition coefficient (Wildman–Crippen LogP) is 1.90. The van der Waals surface area contributed by atoms with E-state index in [0.717, 1.165) is 19.6 Å². The molecule has 0 bridgehead atoms. The molecule has 1 atom stereocenters. The second-order valence-electron chi connectivity index (χ2n) is 4.08. The Morgan fingerprint density at radius 3 is 2.50 bits per heavy atom. The molecule has 1 heterocycles. The fraction of sp³-hybridized carbons (Fsp3) is 1.00. The Morgan fingerprint density at radius 1 is 1.33 bits per heavy atom. The topological polar surface area (TPSA) is 12.5 Å². The van der Waals surface area contributed by atoms with Crippen LogP contribution in [0.25, 0.3) is 0 Å². The SMILES string of the molecule is CCC1(CN(C)C)CCCCO1. The first-order chi connectivity index (χ1) is 5.68. The molecule has 0 aliphatic carbocycles. The maximum Gasteiger partial charge on any atom is 0.0805 e. The van der Waals surface area contributed by atoms with Crippen molar-refractivity contribution in [3.05, 3.63) is 0 Å². The van der Waals surface area contributed by atoms with Gasteiger partial charge in [-0.15, -0.1) is 0 Å². The molecule has 1 fully saturated rings. The van der Waals surface area contributed by atoms with Crippen molar-refractivity contribution in [1.82, 2.24) is 4.90 Å². The van der Waals surface area contributed by atoms with Crippen molar-refractivity contribution in [2.45, 2.75) is 38.2 Å². The number of hydrogen-bond acceptors (Lipinski definition) is 2. The van der Waals surface area contributed by atoms with Crippen LogP contribution >= 0.6 is 0 Å². The van der Waals surface area contributed by atoms with E-state index in [1.54, 1.807) is 0 Å². The molecular weight excluding hydrogens is 150 g/mol. The lowest BCUT2D eigenvalue weighted by Gasteiger charge is -2.38. The molecule has 0 spiro atoms. The average Bonchev–Trinajstić information content (AvgIpc) is 2.05. The fourth-order valence-electron chi connectivity index (χ4n) is 2.00. The molecule has 1 unspecified atom stereocenters. The maximum atomic E-state index is 5.88. The third-order valence-electron chi connectivity index (χ3n) is 2.68. The van der Waals surface area contributed by atoms with Gasteiger partial charge in [0.05, 0.1) is 5.60 Å². The van der Waals surface area contributed by atoms with Crippen LogP contribution in [0.1, 0.15) is 32.6 Å². The number of likely N-dealkylation sites (N-methyl/N-ethyl adjacent to an activating group) is 1. The Labute approximate surface area is 75.9 Å². The highest BCUT2D eigenvalue weighted by molar-refractivity contribution is 4.84. The molecule has 0 amide bonds. The van der Waals surface area contributed by atoms with Crippen molar-refractivity contribution in [3.8, 4) is 0 Å². The lowest BCUT2D eigenvalue weighted by molar-refractivity contribution is -0.0920. The Kier molecular flexibility index (Phi) is 3.53. The molecule has 12 heavy (non-hydrogen) atoms. The molecule has 2 nitrogen and oxygen atoms in total. The highest BCUT2D eigenvalue weighted by Gasteiger charge is 2.31. The summed E-state index contributed by atoms with van der Waals surface area (Å²) in [5.74, 6) is 0. The van der Waals surface area contributed by atoms with Gasteiger partial charge in [0.15, 0.2) is 0 Å². The minimum atomic E-state index is 0.168. The highest BCUT2D eigenvalue weighted by Crippen LogP contribution is 2.28. The van der Waals surface area contributed by atoms with Crippen molar-refractivity contribution >= 4 is 0 Å². The summed E-state index contributed by atoms with van der Waals surface area (Å²) in [6.07, 6.45) is 4.96. The van der Waals surface area contributed by atoms with Crippen LogP contribution in [0.15, 0.2) is 0 Å². The summed E-state index contributed by atoms with van der Waals surface area (Å²) in [6.45, 7) is 4.26. The minimum absolute atomic E-state index is 0.168. The van der Waals surface area contributed by atoms with Crippen molar-refractivity contribution in [2.24, 2.45) is 0 Å². The first-order valence-corrected chi connectivity index (χ1v) is 4.97. The summed E-state index contributed by atoms with van der Waals surface area (Å²) >= 11 is 0. The van der Waals surface area contributed by atoms with Crippen molar-refractivity contribution in [1.29, 1.82) is 0 Å². The molecule has 72 valence electrons. The Hall–Kier alpha value is -0.0800. The summed E-state index contributed by atoms with van der Waals surface area (Å²) < 4.78 is 5.88. The Bertz CT molecular complexity index is 128. The zero-order chi connectivity index (χ0) is 9.03.